The van der Waals surface area contributed by atoms with Crippen LogP contribution in [-0.4, -0.2) is 12.6 Å². The second kappa shape index (κ2) is 1.97. The lowest BCUT2D eigenvalue weighted by Gasteiger charge is -2.69. The highest BCUT2D eigenvalue weighted by Gasteiger charge is 2.63. The van der Waals surface area contributed by atoms with Crippen LogP contribution in [0.25, 0.3) is 0 Å². The molecule has 3 aliphatic carbocycles. The van der Waals surface area contributed by atoms with Gasteiger partial charge >= 0.3 is 0 Å². The zero-order chi connectivity index (χ0) is 7.19. The molecule has 1 nitrogen and oxygen atoms in total. The molecule has 0 amide bonds. The molecule has 10 heavy (non-hydrogen) atoms. The normalized spacial score (nSPS) is 49.8. The highest BCUT2D eigenvalue weighted by Crippen LogP contribution is 2.63. The quantitative estimate of drug-likeness (QED) is 0.628. The Labute approximate surface area is 63.2 Å². The largest absolute Gasteiger partial charge is 0.314 e. The SMILES string of the molecule is CCCC1C2CC1(NC)C2. The summed E-state index contributed by atoms with van der Waals surface area (Å²) in [6, 6.07) is 0. The molecule has 0 heterocycles. The number of hydrogen-bond donors (Lipinski definition) is 1. The molecule has 1 heteroatoms. The summed E-state index contributed by atoms with van der Waals surface area (Å²) in [6.07, 6.45) is 5.75. The van der Waals surface area contributed by atoms with Crippen molar-refractivity contribution in [1.82, 2.24) is 5.32 Å². The highest BCUT2D eigenvalue weighted by molar-refractivity contribution is 5.19. The number of hydrogen-bond acceptors (Lipinski definition) is 1. The van der Waals surface area contributed by atoms with Crippen molar-refractivity contribution in [1.29, 1.82) is 0 Å². The Kier molecular flexibility index (Phi) is 1.31. The van der Waals surface area contributed by atoms with Crippen molar-refractivity contribution < 1.29 is 0 Å². The van der Waals surface area contributed by atoms with Crippen LogP contribution in [0.2, 0.25) is 0 Å². The van der Waals surface area contributed by atoms with Gasteiger partial charge in [-0.2, -0.15) is 0 Å². The van der Waals surface area contributed by atoms with Gasteiger partial charge in [0.05, 0.1) is 0 Å². The second-order valence-electron chi connectivity index (χ2n) is 3.97. The van der Waals surface area contributed by atoms with E-state index in [0.29, 0.717) is 5.54 Å². The van der Waals surface area contributed by atoms with Gasteiger partial charge in [-0.1, -0.05) is 13.3 Å². The molecule has 0 aliphatic heterocycles. The van der Waals surface area contributed by atoms with Crippen LogP contribution in [0, 0.1) is 11.8 Å². The topological polar surface area (TPSA) is 12.0 Å². The third kappa shape index (κ3) is 0.572. The van der Waals surface area contributed by atoms with Crippen LogP contribution in [-0.2, 0) is 0 Å². The summed E-state index contributed by atoms with van der Waals surface area (Å²) in [6.45, 7) is 2.29. The van der Waals surface area contributed by atoms with Gasteiger partial charge in [-0.15, -0.1) is 0 Å². The second-order valence-corrected chi connectivity index (χ2v) is 3.97. The summed E-state index contributed by atoms with van der Waals surface area (Å²) in [4.78, 5) is 0. The highest BCUT2D eigenvalue weighted by atomic mass is 15.0. The first kappa shape index (κ1) is 6.66. The van der Waals surface area contributed by atoms with Gasteiger partial charge in [0.25, 0.3) is 0 Å². The van der Waals surface area contributed by atoms with E-state index >= 15 is 0 Å². The minimum absolute atomic E-state index is 0.626. The van der Waals surface area contributed by atoms with Crippen LogP contribution in [0.5, 0.6) is 0 Å². The molecule has 58 valence electrons. The van der Waals surface area contributed by atoms with Gasteiger partial charge in [0.2, 0.25) is 0 Å². The average molecular weight is 139 g/mol. The van der Waals surface area contributed by atoms with Crippen molar-refractivity contribution >= 4 is 0 Å². The molecule has 0 aromatic heterocycles. The Balaban J connectivity index is 1.90. The summed E-state index contributed by atoms with van der Waals surface area (Å²) in [5.74, 6) is 2.15. The maximum absolute atomic E-state index is 3.48. The van der Waals surface area contributed by atoms with E-state index in [1.807, 2.05) is 0 Å². The zero-order valence-corrected chi connectivity index (χ0v) is 6.98. The number of rotatable bonds is 3. The third-order valence-corrected chi connectivity index (χ3v) is 3.63. The van der Waals surface area contributed by atoms with Crippen molar-refractivity contribution in [3.8, 4) is 0 Å². The molecule has 0 aromatic carbocycles. The minimum atomic E-state index is 0.626. The van der Waals surface area contributed by atoms with Crippen LogP contribution in [0.15, 0.2) is 0 Å². The summed E-state index contributed by atoms with van der Waals surface area (Å²) in [5.41, 5.74) is 0.626. The Morgan fingerprint density at radius 1 is 1.50 bits per heavy atom. The van der Waals surface area contributed by atoms with E-state index in [-0.39, 0.29) is 0 Å². The van der Waals surface area contributed by atoms with Gasteiger partial charge in [-0.05, 0) is 38.1 Å². The first-order valence-electron chi connectivity index (χ1n) is 4.51. The third-order valence-electron chi connectivity index (χ3n) is 3.63. The summed E-state index contributed by atoms with van der Waals surface area (Å²) in [7, 11) is 2.12. The van der Waals surface area contributed by atoms with E-state index in [1.165, 1.54) is 25.7 Å². The van der Waals surface area contributed by atoms with Crippen LogP contribution in [0.4, 0.5) is 0 Å². The predicted octanol–water partition coefficient (Wildman–Crippen LogP) is 1.78. The lowest BCUT2D eigenvalue weighted by Crippen LogP contribution is -2.73. The fraction of sp³-hybridized carbons (Fsp3) is 1.00. The molecule has 1 atom stereocenters. The summed E-state index contributed by atoms with van der Waals surface area (Å²) >= 11 is 0. The van der Waals surface area contributed by atoms with E-state index in [0.717, 1.165) is 11.8 Å². The monoisotopic (exact) mass is 139 g/mol. The van der Waals surface area contributed by atoms with Gasteiger partial charge in [-0.25, -0.2) is 0 Å². The average Bonchev–Trinajstić information content (AvgIpc) is 1.81. The summed E-state index contributed by atoms with van der Waals surface area (Å²) < 4.78 is 0. The van der Waals surface area contributed by atoms with E-state index in [9.17, 15) is 0 Å². The predicted molar refractivity (Wildman–Crippen MR) is 42.9 cm³/mol. The van der Waals surface area contributed by atoms with Crippen LogP contribution in [0.1, 0.15) is 32.6 Å². The molecule has 2 bridgehead atoms. The lowest BCUT2D eigenvalue weighted by atomic mass is 9.41. The van der Waals surface area contributed by atoms with Crippen molar-refractivity contribution in [2.75, 3.05) is 7.05 Å². The summed E-state index contributed by atoms with van der Waals surface area (Å²) in [5, 5.41) is 3.48. The van der Waals surface area contributed by atoms with Crippen LogP contribution in [0.3, 0.4) is 0 Å². The van der Waals surface area contributed by atoms with Crippen molar-refractivity contribution in [2.24, 2.45) is 11.8 Å². The van der Waals surface area contributed by atoms with Gasteiger partial charge < -0.3 is 5.32 Å². The molecule has 3 rings (SSSR count). The first-order valence-corrected chi connectivity index (χ1v) is 4.51. The Morgan fingerprint density at radius 3 is 2.50 bits per heavy atom. The number of nitrogens with one attached hydrogen (secondary N) is 1. The van der Waals surface area contributed by atoms with E-state index in [4.69, 9.17) is 0 Å². The Morgan fingerprint density at radius 2 is 2.20 bits per heavy atom. The first-order chi connectivity index (χ1) is 4.82. The molecular weight excluding hydrogens is 122 g/mol. The Bertz CT molecular complexity index is 130. The molecule has 0 radical (unpaired) electrons. The molecule has 1 unspecified atom stereocenters. The molecular formula is C9H17N. The minimum Gasteiger partial charge on any atom is -0.314 e. The lowest BCUT2D eigenvalue weighted by molar-refractivity contribution is -0.136. The van der Waals surface area contributed by atoms with Gasteiger partial charge in [0.1, 0.15) is 0 Å². The maximum Gasteiger partial charge on any atom is 0.0214 e. The molecule has 3 saturated carbocycles. The van der Waals surface area contributed by atoms with Gasteiger partial charge in [-0.3, -0.25) is 0 Å². The molecule has 3 fully saturated rings. The van der Waals surface area contributed by atoms with Crippen LogP contribution < -0.4 is 5.32 Å². The van der Waals surface area contributed by atoms with Crippen LogP contribution >= 0.6 is 0 Å². The molecule has 0 saturated heterocycles. The molecule has 0 spiro atoms. The van der Waals surface area contributed by atoms with Gasteiger partial charge in [0, 0.05) is 5.54 Å². The van der Waals surface area contributed by atoms with E-state index < -0.39 is 0 Å². The fourth-order valence-corrected chi connectivity index (χ4v) is 2.81. The maximum atomic E-state index is 3.48. The molecule has 0 aromatic rings. The fourth-order valence-electron chi connectivity index (χ4n) is 2.81. The van der Waals surface area contributed by atoms with Crippen molar-refractivity contribution in [3.63, 3.8) is 0 Å². The molecule has 3 aliphatic rings. The zero-order valence-electron chi connectivity index (χ0n) is 6.98. The van der Waals surface area contributed by atoms with Gasteiger partial charge in [0.15, 0.2) is 0 Å². The standard InChI is InChI=1S/C9H17N/c1-3-4-8-7-5-9(8,6-7)10-2/h7-8,10H,3-6H2,1-2H3. The molecule has 1 N–H and O–H groups in total. The van der Waals surface area contributed by atoms with Crippen molar-refractivity contribution in [2.45, 2.75) is 38.1 Å². The van der Waals surface area contributed by atoms with E-state index in [1.54, 1.807) is 0 Å². The smallest absolute Gasteiger partial charge is 0.0214 e. The Hall–Kier alpha value is -0.0400. The van der Waals surface area contributed by atoms with E-state index in [2.05, 4.69) is 19.3 Å². The van der Waals surface area contributed by atoms with Crippen molar-refractivity contribution in [3.05, 3.63) is 0 Å².